The van der Waals surface area contributed by atoms with E-state index in [-0.39, 0.29) is 22.3 Å². The highest BCUT2D eigenvalue weighted by atomic mass is 35.5. The number of halogens is 1. The second-order valence-corrected chi connectivity index (χ2v) is 5.56. The summed E-state index contributed by atoms with van der Waals surface area (Å²) in [5.41, 5.74) is -0.0901. The van der Waals surface area contributed by atoms with Crippen LogP contribution in [0.3, 0.4) is 0 Å². The van der Waals surface area contributed by atoms with E-state index in [9.17, 15) is 14.9 Å². The molecule has 1 amide bonds. The first-order valence-electron chi connectivity index (χ1n) is 6.17. The SMILES string of the molecule is CCC(NC(=O)c1cc([N+](=O)[O-])ccc1Cl)c1nccs1. The molecule has 1 heterocycles. The van der Waals surface area contributed by atoms with Crippen molar-refractivity contribution in [2.24, 2.45) is 0 Å². The maximum atomic E-state index is 12.3. The molecule has 0 saturated carbocycles. The van der Waals surface area contributed by atoms with Crippen LogP contribution in [0.15, 0.2) is 29.8 Å². The molecule has 110 valence electrons. The number of aromatic nitrogens is 1. The average molecular weight is 326 g/mol. The van der Waals surface area contributed by atoms with Gasteiger partial charge in [-0.05, 0) is 12.5 Å². The van der Waals surface area contributed by atoms with Crippen molar-refractivity contribution < 1.29 is 9.72 Å². The summed E-state index contributed by atoms with van der Waals surface area (Å²) in [7, 11) is 0. The molecule has 0 saturated heterocycles. The van der Waals surface area contributed by atoms with E-state index in [4.69, 9.17) is 11.6 Å². The van der Waals surface area contributed by atoms with E-state index in [1.165, 1.54) is 29.5 Å². The number of thiazole rings is 1. The number of nitrogens with one attached hydrogen (secondary N) is 1. The number of benzene rings is 1. The summed E-state index contributed by atoms with van der Waals surface area (Å²) < 4.78 is 0. The Morgan fingerprint density at radius 2 is 2.33 bits per heavy atom. The van der Waals surface area contributed by atoms with Gasteiger partial charge in [-0.2, -0.15) is 0 Å². The molecule has 1 aromatic heterocycles. The van der Waals surface area contributed by atoms with Gasteiger partial charge in [-0.15, -0.1) is 11.3 Å². The summed E-state index contributed by atoms with van der Waals surface area (Å²) in [6.07, 6.45) is 2.32. The average Bonchev–Trinajstić information content (AvgIpc) is 2.98. The highest BCUT2D eigenvalue weighted by molar-refractivity contribution is 7.09. The zero-order valence-electron chi connectivity index (χ0n) is 11.1. The Hall–Kier alpha value is -1.99. The van der Waals surface area contributed by atoms with E-state index < -0.39 is 10.8 Å². The molecule has 0 aliphatic rings. The number of amides is 1. The normalized spacial score (nSPS) is 11.9. The van der Waals surface area contributed by atoms with Crippen molar-refractivity contribution in [3.8, 4) is 0 Å². The van der Waals surface area contributed by atoms with E-state index in [1.54, 1.807) is 6.20 Å². The van der Waals surface area contributed by atoms with Gasteiger partial charge in [-0.1, -0.05) is 18.5 Å². The van der Waals surface area contributed by atoms with Gasteiger partial charge >= 0.3 is 0 Å². The Morgan fingerprint density at radius 3 is 2.90 bits per heavy atom. The minimum absolute atomic E-state index is 0.0841. The smallest absolute Gasteiger partial charge is 0.270 e. The first-order valence-corrected chi connectivity index (χ1v) is 7.43. The molecular weight excluding hydrogens is 314 g/mol. The molecule has 1 unspecified atom stereocenters. The molecule has 8 heteroatoms. The summed E-state index contributed by atoms with van der Waals surface area (Å²) in [5.74, 6) is -0.453. The monoisotopic (exact) mass is 325 g/mol. The van der Waals surface area contributed by atoms with E-state index in [0.717, 1.165) is 5.01 Å². The maximum Gasteiger partial charge on any atom is 0.270 e. The van der Waals surface area contributed by atoms with Crippen LogP contribution in [0.4, 0.5) is 5.69 Å². The van der Waals surface area contributed by atoms with Gasteiger partial charge in [0.1, 0.15) is 5.01 Å². The van der Waals surface area contributed by atoms with Crippen LogP contribution in [0.2, 0.25) is 5.02 Å². The third-order valence-corrected chi connectivity index (χ3v) is 4.09. The summed E-state index contributed by atoms with van der Waals surface area (Å²) in [5, 5.41) is 16.4. The lowest BCUT2D eigenvalue weighted by Gasteiger charge is -2.14. The molecule has 1 atom stereocenters. The van der Waals surface area contributed by atoms with Gasteiger partial charge in [-0.25, -0.2) is 4.98 Å². The van der Waals surface area contributed by atoms with Crippen molar-refractivity contribution >= 4 is 34.5 Å². The van der Waals surface area contributed by atoms with Gasteiger partial charge in [0.05, 0.1) is 21.6 Å². The second-order valence-electron chi connectivity index (χ2n) is 4.23. The number of hydrogen-bond donors (Lipinski definition) is 1. The first-order chi connectivity index (χ1) is 10.0. The van der Waals surface area contributed by atoms with Crippen molar-refractivity contribution in [2.45, 2.75) is 19.4 Å². The molecule has 1 aromatic carbocycles. The number of nitro groups is 1. The van der Waals surface area contributed by atoms with Crippen LogP contribution < -0.4 is 5.32 Å². The number of carbonyl (C=O) groups excluding carboxylic acids is 1. The van der Waals surface area contributed by atoms with Crippen molar-refractivity contribution in [1.29, 1.82) is 0 Å². The van der Waals surface area contributed by atoms with E-state index in [2.05, 4.69) is 10.3 Å². The topological polar surface area (TPSA) is 85.1 Å². The Labute approximate surface area is 129 Å². The van der Waals surface area contributed by atoms with Crippen molar-refractivity contribution in [3.63, 3.8) is 0 Å². The largest absolute Gasteiger partial charge is 0.343 e. The summed E-state index contributed by atoms with van der Waals surface area (Å²) in [4.78, 5) is 26.6. The lowest BCUT2D eigenvalue weighted by molar-refractivity contribution is -0.384. The lowest BCUT2D eigenvalue weighted by Crippen LogP contribution is -2.28. The van der Waals surface area contributed by atoms with Crippen LogP contribution in [0.25, 0.3) is 0 Å². The van der Waals surface area contributed by atoms with Crippen LogP contribution in [0.1, 0.15) is 34.8 Å². The molecule has 0 aliphatic carbocycles. The maximum absolute atomic E-state index is 12.3. The predicted molar refractivity (Wildman–Crippen MR) is 80.7 cm³/mol. The number of nitro benzene ring substituents is 1. The van der Waals surface area contributed by atoms with Crippen molar-refractivity contribution in [1.82, 2.24) is 10.3 Å². The lowest BCUT2D eigenvalue weighted by atomic mass is 10.1. The zero-order valence-corrected chi connectivity index (χ0v) is 12.6. The van der Waals surface area contributed by atoms with Gasteiger partial charge in [0, 0.05) is 23.7 Å². The third-order valence-electron chi connectivity index (χ3n) is 2.87. The summed E-state index contributed by atoms with van der Waals surface area (Å²) in [6.45, 7) is 1.92. The fraction of sp³-hybridized carbons (Fsp3) is 0.231. The number of hydrogen-bond acceptors (Lipinski definition) is 5. The van der Waals surface area contributed by atoms with Gasteiger partial charge in [0.25, 0.3) is 11.6 Å². The molecule has 0 spiro atoms. The van der Waals surface area contributed by atoms with Crippen LogP contribution in [-0.4, -0.2) is 15.8 Å². The molecule has 2 aromatic rings. The summed E-state index contributed by atoms with van der Waals surface area (Å²) in [6, 6.07) is 3.54. The van der Waals surface area contributed by atoms with Crippen molar-refractivity contribution in [3.05, 3.63) is 55.5 Å². The minimum atomic E-state index is -0.564. The zero-order chi connectivity index (χ0) is 15.4. The van der Waals surface area contributed by atoms with Gasteiger partial charge in [0.15, 0.2) is 0 Å². The molecular formula is C13H12ClN3O3S. The Balaban J connectivity index is 2.23. The highest BCUT2D eigenvalue weighted by Gasteiger charge is 2.20. The van der Waals surface area contributed by atoms with E-state index >= 15 is 0 Å². The Kier molecular flexibility index (Phi) is 4.87. The number of rotatable bonds is 5. The van der Waals surface area contributed by atoms with Crippen LogP contribution in [0.5, 0.6) is 0 Å². The van der Waals surface area contributed by atoms with Gasteiger partial charge < -0.3 is 5.32 Å². The number of non-ortho nitro benzene ring substituents is 1. The number of carbonyl (C=O) groups is 1. The highest BCUT2D eigenvalue weighted by Crippen LogP contribution is 2.24. The van der Waals surface area contributed by atoms with Crippen LogP contribution in [-0.2, 0) is 0 Å². The third kappa shape index (κ3) is 3.56. The molecule has 0 fully saturated rings. The fourth-order valence-electron chi connectivity index (χ4n) is 1.78. The van der Waals surface area contributed by atoms with Gasteiger partial charge in [0.2, 0.25) is 0 Å². The summed E-state index contributed by atoms with van der Waals surface area (Å²) >= 11 is 7.39. The fourth-order valence-corrected chi connectivity index (χ4v) is 2.76. The van der Waals surface area contributed by atoms with Crippen molar-refractivity contribution in [2.75, 3.05) is 0 Å². The minimum Gasteiger partial charge on any atom is -0.343 e. The number of nitrogens with zero attached hydrogens (tertiary/aromatic N) is 2. The second kappa shape index (κ2) is 6.64. The quantitative estimate of drug-likeness (QED) is 0.672. The van der Waals surface area contributed by atoms with Gasteiger partial charge in [-0.3, -0.25) is 14.9 Å². The first kappa shape index (κ1) is 15.4. The molecule has 2 rings (SSSR count). The van der Waals surface area contributed by atoms with E-state index in [0.29, 0.717) is 6.42 Å². The van der Waals surface area contributed by atoms with Crippen LogP contribution in [0, 0.1) is 10.1 Å². The Bertz CT molecular complexity index is 661. The standard InChI is InChI=1S/C13H12ClN3O3S/c1-2-11(13-15-5-6-21-13)16-12(18)9-7-8(17(19)20)3-4-10(9)14/h3-7,11H,2H2,1H3,(H,16,18). The molecule has 0 radical (unpaired) electrons. The molecule has 1 N–H and O–H groups in total. The Morgan fingerprint density at radius 1 is 1.57 bits per heavy atom. The van der Waals surface area contributed by atoms with Crippen LogP contribution >= 0.6 is 22.9 Å². The molecule has 0 aliphatic heterocycles. The molecule has 0 bridgehead atoms. The van der Waals surface area contributed by atoms with E-state index in [1.807, 2.05) is 12.3 Å². The molecule has 6 nitrogen and oxygen atoms in total. The predicted octanol–water partition coefficient (Wildman–Crippen LogP) is 3.59. The molecule has 21 heavy (non-hydrogen) atoms.